The van der Waals surface area contributed by atoms with Crippen LogP contribution in [0.4, 0.5) is 18.9 Å². The maximum absolute atomic E-state index is 11.9. The molecule has 1 atom stereocenters. The lowest BCUT2D eigenvalue weighted by Crippen LogP contribution is -2.43. The molecule has 0 aliphatic carbocycles. The third-order valence-corrected chi connectivity index (χ3v) is 3.18. The number of para-hydroxylation sites is 1. The number of anilines is 1. The first-order valence-electron chi connectivity index (χ1n) is 6.72. The number of halogens is 3. The second-order valence-electron chi connectivity index (χ2n) is 4.85. The lowest BCUT2D eigenvalue weighted by Gasteiger charge is -2.26. The summed E-state index contributed by atoms with van der Waals surface area (Å²) in [7, 11) is 0. The van der Waals surface area contributed by atoms with E-state index in [2.05, 4.69) is 15.4 Å². The Morgan fingerprint density at radius 1 is 1.38 bits per heavy atom. The maximum Gasteiger partial charge on any atom is 0.411 e. The van der Waals surface area contributed by atoms with Gasteiger partial charge in [0.2, 0.25) is 5.91 Å². The second-order valence-corrected chi connectivity index (χ2v) is 4.85. The summed E-state index contributed by atoms with van der Waals surface area (Å²) in [5, 5.41) is 5.70. The first-order chi connectivity index (χ1) is 9.96. The molecule has 116 valence electrons. The van der Waals surface area contributed by atoms with Crippen LogP contribution < -0.4 is 10.6 Å². The topological polar surface area (TPSA) is 50.4 Å². The Morgan fingerprint density at radius 3 is 2.90 bits per heavy atom. The van der Waals surface area contributed by atoms with Crippen LogP contribution in [0.2, 0.25) is 0 Å². The number of alkyl halides is 3. The van der Waals surface area contributed by atoms with Gasteiger partial charge in [-0.1, -0.05) is 18.2 Å². The molecule has 0 spiro atoms. The molecule has 2 rings (SSSR count). The molecule has 7 heteroatoms. The van der Waals surface area contributed by atoms with Gasteiger partial charge in [-0.2, -0.15) is 13.2 Å². The molecule has 0 fully saturated rings. The third-order valence-electron chi connectivity index (χ3n) is 3.18. The number of benzene rings is 1. The van der Waals surface area contributed by atoms with Gasteiger partial charge in [-0.05, 0) is 24.5 Å². The Labute approximate surface area is 120 Å². The van der Waals surface area contributed by atoms with E-state index in [4.69, 9.17) is 0 Å². The van der Waals surface area contributed by atoms with Crippen molar-refractivity contribution in [3.05, 3.63) is 29.8 Å². The van der Waals surface area contributed by atoms with Crippen molar-refractivity contribution in [3.8, 4) is 0 Å². The smallest absolute Gasteiger partial charge is 0.373 e. The Morgan fingerprint density at radius 2 is 2.14 bits per heavy atom. The fraction of sp³-hybridized carbons (Fsp3) is 0.500. The summed E-state index contributed by atoms with van der Waals surface area (Å²) in [6.45, 7) is -1.39. The summed E-state index contributed by atoms with van der Waals surface area (Å²) in [4.78, 5) is 11.9. The summed E-state index contributed by atoms with van der Waals surface area (Å²) >= 11 is 0. The minimum absolute atomic E-state index is 0.0642. The van der Waals surface area contributed by atoms with Crippen molar-refractivity contribution < 1.29 is 22.7 Å². The highest BCUT2D eigenvalue weighted by Crippen LogP contribution is 2.24. The molecule has 1 aromatic carbocycles. The van der Waals surface area contributed by atoms with Gasteiger partial charge in [-0.25, -0.2) is 0 Å². The van der Waals surface area contributed by atoms with E-state index in [1.807, 2.05) is 24.3 Å². The number of hydrogen-bond donors (Lipinski definition) is 2. The second kappa shape index (κ2) is 6.80. The Kier molecular flexibility index (Phi) is 5.06. The van der Waals surface area contributed by atoms with Crippen molar-refractivity contribution >= 4 is 11.6 Å². The molecule has 1 heterocycles. The summed E-state index contributed by atoms with van der Waals surface area (Å²) in [5.41, 5.74) is 2.09. The van der Waals surface area contributed by atoms with Gasteiger partial charge in [0, 0.05) is 12.2 Å². The highest BCUT2D eigenvalue weighted by atomic mass is 19.4. The summed E-state index contributed by atoms with van der Waals surface area (Å²) in [5.74, 6) is -0.222. The van der Waals surface area contributed by atoms with E-state index in [1.165, 1.54) is 0 Å². The van der Waals surface area contributed by atoms with Gasteiger partial charge in [0.1, 0.15) is 12.6 Å². The largest absolute Gasteiger partial charge is 0.411 e. The van der Waals surface area contributed by atoms with Crippen molar-refractivity contribution in [2.45, 2.75) is 25.1 Å². The summed E-state index contributed by atoms with van der Waals surface area (Å²) < 4.78 is 40.0. The van der Waals surface area contributed by atoms with Crippen LogP contribution in [0, 0.1) is 0 Å². The van der Waals surface area contributed by atoms with E-state index >= 15 is 0 Å². The molecule has 1 aromatic rings. The van der Waals surface area contributed by atoms with E-state index in [0.29, 0.717) is 6.42 Å². The molecule has 1 unspecified atom stereocenters. The molecule has 4 nitrogen and oxygen atoms in total. The predicted molar refractivity (Wildman–Crippen MR) is 72.1 cm³/mol. The highest BCUT2D eigenvalue weighted by Gasteiger charge is 2.27. The summed E-state index contributed by atoms with van der Waals surface area (Å²) in [6, 6.07) is 7.38. The van der Waals surface area contributed by atoms with Gasteiger partial charge in [-0.15, -0.1) is 0 Å². The van der Waals surface area contributed by atoms with E-state index in [1.54, 1.807) is 0 Å². The number of aryl methyl sites for hydroxylation is 1. The lowest BCUT2D eigenvalue weighted by molar-refractivity contribution is -0.173. The molecule has 2 N–H and O–H groups in total. The number of nitrogens with one attached hydrogen (secondary N) is 2. The Bertz CT molecular complexity index is 491. The molecule has 1 aliphatic rings. The number of carbonyl (C=O) groups is 1. The van der Waals surface area contributed by atoms with Crippen molar-refractivity contribution in [1.82, 2.24) is 5.32 Å². The minimum atomic E-state index is -4.33. The molecular formula is C14H17F3N2O2. The average molecular weight is 302 g/mol. The Balaban J connectivity index is 1.70. The molecule has 0 saturated carbocycles. The molecule has 0 bridgehead atoms. The number of hydrogen-bond acceptors (Lipinski definition) is 3. The van der Waals surface area contributed by atoms with E-state index < -0.39 is 12.8 Å². The molecule has 0 saturated heterocycles. The zero-order valence-corrected chi connectivity index (χ0v) is 11.4. The quantitative estimate of drug-likeness (QED) is 0.819. The lowest BCUT2D eigenvalue weighted by atomic mass is 9.98. The fourth-order valence-corrected chi connectivity index (χ4v) is 2.19. The van der Waals surface area contributed by atoms with Crippen LogP contribution in [0.15, 0.2) is 24.3 Å². The van der Waals surface area contributed by atoms with Gasteiger partial charge in [0.05, 0.1) is 6.61 Å². The summed E-state index contributed by atoms with van der Waals surface area (Å²) in [6.07, 6.45) is -2.88. The van der Waals surface area contributed by atoms with Crippen LogP contribution in [-0.2, 0) is 16.0 Å². The normalized spacial score (nSPS) is 17.8. The molecular weight excluding hydrogens is 285 g/mol. The molecule has 1 amide bonds. The van der Waals surface area contributed by atoms with Gasteiger partial charge in [0.25, 0.3) is 0 Å². The van der Waals surface area contributed by atoms with Gasteiger partial charge in [-0.3, -0.25) is 4.79 Å². The van der Waals surface area contributed by atoms with Gasteiger partial charge < -0.3 is 15.4 Å². The number of rotatable bonds is 5. The van der Waals surface area contributed by atoms with Gasteiger partial charge in [0.15, 0.2) is 0 Å². The van der Waals surface area contributed by atoms with E-state index in [0.717, 1.165) is 17.7 Å². The minimum Gasteiger partial charge on any atom is -0.373 e. The first kappa shape index (κ1) is 15.6. The van der Waals surface area contributed by atoms with Crippen LogP contribution in [0.3, 0.4) is 0 Å². The Hall–Kier alpha value is -1.76. The highest BCUT2D eigenvalue weighted by molar-refractivity contribution is 5.85. The van der Waals surface area contributed by atoms with Gasteiger partial charge >= 0.3 is 6.18 Å². The standard InChI is InChI=1S/C14H17F3N2O2/c15-14(16,17)9-21-8-7-18-13(20)12-6-5-10-3-1-2-4-11(10)19-12/h1-4,12,19H,5-9H2,(H,18,20). The third kappa shape index (κ3) is 4.93. The van der Waals surface area contributed by atoms with E-state index in [-0.39, 0.29) is 25.1 Å². The average Bonchev–Trinajstić information content (AvgIpc) is 2.45. The monoisotopic (exact) mass is 302 g/mol. The zero-order valence-electron chi connectivity index (χ0n) is 11.4. The van der Waals surface area contributed by atoms with Crippen molar-refractivity contribution in [3.63, 3.8) is 0 Å². The van der Waals surface area contributed by atoms with Crippen LogP contribution in [0.25, 0.3) is 0 Å². The van der Waals surface area contributed by atoms with Crippen LogP contribution in [0.1, 0.15) is 12.0 Å². The zero-order chi connectivity index (χ0) is 15.3. The number of ether oxygens (including phenoxy) is 1. The predicted octanol–water partition coefficient (Wildman–Crippen LogP) is 2.11. The van der Waals surface area contributed by atoms with Crippen LogP contribution in [-0.4, -0.2) is 37.9 Å². The number of carbonyl (C=O) groups excluding carboxylic acids is 1. The fourth-order valence-electron chi connectivity index (χ4n) is 2.19. The van der Waals surface area contributed by atoms with Crippen molar-refractivity contribution in [2.24, 2.45) is 0 Å². The van der Waals surface area contributed by atoms with Crippen LogP contribution in [0.5, 0.6) is 0 Å². The number of fused-ring (bicyclic) bond motifs is 1. The maximum atomic E-state index is 11.9. The molecule has 0 radical (unpaired) electrons. The first-order valence-corrected chi connectivity index (χ1v) is 6.72. The molecule has 1 aliphatic heterocycles. The van der Waals surface area contributed by atoms with Crippen molar-refractivity contribution in [2.75, 3.05) is 25.1 Å². The van der Waals surface area contributed by atoms with Crippen LogP contribution >= 0.6 is 0 Å². The van der Waals surface area contributed by atoms with Crippen molar-refractivity contribution in [1.29, 1.82) is 0 Å². The molecule has 0 aromatic heterocycles. The SMILES string of the molecule is O=C(NCCOCC(F)(F)F)C1CCc2ccccc2N1. The molecule has 21 heavy (non-hydrogen) atoms. The van der Waals surface area contributed by atoms with E-state index in [9.17, 15) is 18.0 Å². The number of amides is 1.